The molecule has 0 aliphatic heterocycles. The number of methoxy groups -OCH3 is 1. The van der Waals surface area contributed by atoms with Crippen molar-refractivity contribution >= 4 is 12.0 Å². The molecule has 0 heterocycles. The second-order valence-electron chi connectivity index (χ2n) is 4.60. The van der Waals surface area contributed by atoms with Crippen molar-refractivity contribution in [3.63, 3.8) is 0 Å². The van der Waals surface area contributed by atoms with E-state index in [1.807, 2.05) is 19.1 Å². The molecule has 0 fully saturated rings. The molecular weight excluding hydrogens is 226 g/mol. The maximum absolute atomic E-state index is 10.8. The molecule has 0 spiro atoms. The van der Waals surface area contributed by atoms with Gasteiger partial charge in [0.15, 0.2) is 0 Å². The average Bonchev–Trinajstić information content (AvgIpc) is 2.39. The van der Waals surface area contributed by atoms with Crippen LogP contribution in [0.2, 0.25) is 0 Å². The quantitative estimate of drug-likeness (QED) is 0.696. The van der Waals surface area contributed by atoms with Crippen LogP contribution in [0.4, 0.5) is 5.69 Å². The highest BCUT2D eigenvalue weighted by Gasteiger charge is 2.13. The van der Waals surface area contributed by atoms with Gasteiger partial charge in [-0.15, -0.1) is 0 Å². The molecule has 18 heavy (non-hydrogen) atoms. The van der Waals surface area contributed by atoms with E-state index in [1.165, 1.54) is 0 Å². The molecule has 3 heteroatoms. The van der Waals surface area contributed by atoms with E-state index in [0.29, 0.717) is 12.6 Å². The second-order valence-corrected chi connectivity index (χ2v) is 4.60. The Morgan fingerprint density at radius 3 is 2.67 bits per heavy atom. The summed E-state index contributed by atoms with van der Waals surface area (Å²) < 4.78 is 5.17. The van der Waals surface area contributed by atoms with Crippen LogP contribution in [0.3, 0.4) is 0 Å². The summed E-state index contributed by atoms with van der Waals surface area (Å²) in [6.07, 6.45) is 1.99. The molecule has 0 aromatic heterocycles. The zero-order valence-electron chi connectivity index (χ0n) is 11.8. The van der Waals surface area contributed by atoms with Crippen molar-refractivity contribution in [1.82, 2.24) is 0 Å². The summed E-state index contributed by atoms with van der Waals surface area (Å²) in [5, 5.41) is 0. The Hall–Kier alpha value is -1.35. The van der Waals surface area contributed by atoms with Gasteiger partial charge in [0.05, 0.1) is 6.61 Å². The maximum Gasteiger partial charge on any atom is 0.150 e. The van der Waals surface area contributed by atoms with Crippen molar-refractivity contribution in [2.24, 2.45) is 0 Å². The normalized spacial score (nSPS) is 12.2. The minimum absolute atomic E-state index is 0.460. The summed E-state index contributed by atoms with van der Waals surface area (Å²) in [4.78, 5) is 13.2. The molecule has 1 unspecified atom stereocenters. The van der Waals surface area contributed by atoms with Crippen LogP contribution in [0, 0.1) is 6.92 Å². The number of ether oxygens (including phenoxy) is 1. The van der Waals surface area contributed by atoms with Crippen molar-refractivity contribution in [3.8, 4) is 0 Å². The van der Waals surface area contributed by atoms with E-state index in [-0.39, 0.29) is 0 Å². The lowest BCUT2D eigenvalue weighted by molar-refractivity contribution is 0.112. The number of nitrogens with zero attached hydrogens (tertiary/aromatic N) is 1. The van der Waals surface area contributed by atoms with Gasteiger partial charge in [0.2, 0.25) is 0 Å². The van der Waals surface area contributed by atoms with Crippen molar-refractivity contribution in [3.05, 3.63) is 29.3 Å². The number of benzene rings is 1. The highest BCUT2D eigenvalue weighted by molar-refractivity contribution is 5.78. The van der Waals surface area contributed by atoms with Crippen LogP contribution < -0.4 is 4.90 Å². The third-order valence-electron chi connectivity index (χ3n) is 3.37. The van der Waals surface area contributed by atoms with Crippen LogP contribution >= 0.6 is 0 Å². The van der Waals surface area contributed by atoms with Crippen LogP contribution in [0.1, 0.15) is 36.2 Å². The largest absolute Gasteiger partial charge is 0.383 e. The molecule has 1 aromatic carbocycles. The maximum atomic E-state index is 10.8. The standard InChI is InChI=1S/C15H23NO2/c1-5-13(3)16(8-9-18-4)15-7-6-14(11-17)12(2)10-15/h6-7,10-11,13H,5,8-9H2,1-4H3. The van der Waals surface area contributed by atoms with Crippen molar-refractivity contribution in [2.75, 3.05) is 25.2 Å². The van der Waals surface area contributed by atoms with Gasteiger partial charge in [-0.1, -0.05) is 6.92 Å². The third kappa shape index (κ3) is 3.57. The van der Waals surface area contributed by atoms with Crippen LogP contribution in [-0.2, 0) is 4.74 Å². The lowest BCUT2D eigenvalue weighted by atomic mass is 10.1. The molecule has 0 aliphatic rings. The molecule has 1 rings (SSSR count). The predicted molar refractivity (Wildman–Crippen MR) is 75.5 cm³/mol. The first-order chi connectivity index (χ1) is 8.63. The van der Waals surface area contributed by atoms with Crippen LogP contribution in [0.5, 0.6) is 0 Å². The number of carbonyl (C=O) groups excluding carboxylic acids is 1. The van der Waals surface area contributed by atoms with Gasteiger partial charge < -0.3 is 9.64 Å². The van der Waals surface area contributed by atoms with Gasteiger partial charge in [0.1, 0.15) is 6.29 Å². The molecule has 0 amide bonds. The van der Waals surface area contributed by atoms with E-state index in [9.17, 15) is 4.79 Å². The van der Waals surface area contributed by atoms with Gasteiger partial charge in [-0.05, 0) is 44.0 Å². The molecule has 0 saturated heterocycles. The summed E-state index contributed by atoms with van der Waals surface area (Å²) in [7, 11) is 1.72. The average molecular weight is 249 g/mol. The van der Waals surface area contributed by atoms with Gasteiger partial charge in [-0.2, -0.15) is 0 Å². The molecule has 1 atom stereocenters. The number of aryl methyl sites for hydroxylation is 1. The SMILES string of the molecule is CCC(C)N(CCOC)c1ccc(C=O)c(C)c1. The number of carbonyl (C=O) groups is 1. The van der Waals surface area contributed by atoms with Crippen LogP contribution in [0.25, 0.3) is 0 Å². The topological polar surface area (TPSA) is 29.5 Å². The zero-order valence-corrected chi connectivity index (χ0v) is 11.8. The van der Waals surface area contributed by atoms with Gasteiger partial charge in [0.25, 0.3) is 0 Å². The number of anilines is 1. The summed E-state index contributed by atoms with van der Waals surface area (Å²) in [5.74, 6) is 0. The summed E-state index contributed by atoms with van der Waals surface area (Å²) in [6, 6.07) is 6.44. The third-order valence-corrected chi connectivity index (χ3v) is 3.37. The minimum Gasteiger partial charge on any atom is -0.383 e. The Morgan fingerprint density at radius 1 is 1.44 bits per heavy atom. The Labute approximate surface area is 110 Å². The minimum atomic E-state index is 0.460. The Balaban J connectivity index is 2.97. The molecular formula is C15H23NO2. The fourth-order valence-corrected chi connectivity index (χ4v) is 1.98. The summed E-state index contributed by atoms with van der Waals surface area (Å²) >= 11 is 0. The van der Waals surface area contributed by atoms with Gasteiger partial charge >= 0.3 is 0 Å². The summed E-state index contributed by atoms with van der Waals surface area (Å²) in [5.41, 5.74) is 2.94. The number of rotatable bonds is 7. The van der Waals surface area contributed by atoms with Crippen molar-refractivity contribution in [1.29, 1.82) is 0 Å². The molecule has 0 radical (unpaired) electrons. The molecule has 3 nitrogen and oxygen atoms in total. The molecule has 0 aliphatic carbocycles. The van der Waals surface area contributed by atoms with Crippen LogP contribution in [-0.4, -0.2) is 32.6 Å². The molecule has 0 bridgehead atoms. The monoisotopic (exact) mass is 249 g/mol. The first kappa shape index (κ1) is 14.7. The Kier molecular flexibility index (Phi) is 5.86. The summed E-state index contributed by atoms with van der Waals surface area (Å²) in [6.45, 7) is 7.93. The second kappa shape index (κ2) is 7.17. The first-order valence-electron chi connectivity index (χ1n) is 6.45. The van der Waals surface area contributed by atoms with E-state index in [4.69, 9.17) is 4.74 Å². The lowest BCUT2D eigenvalue weighted by Gasteiger charge is -2.31. The fourth-order valence-electron chi connectivity index (χ4n) is 1.98. The number of hydrogen-bond acceptors (Lipinski definition) is 3. The van der Waals surface area contributed by atoms with Crippen molar-refractivity contribution < 1.29 is 9.53 Å². The van der Waals surface area contributed by atoms with E-state index in [0.717, 1.165) is 36.1 Å². The van der Waals surface area contributed by atoms with E-state index >= 15 is 0 Å². The first-order valence-corrected chi connectivity index (χ1v) is 6.45. The Morgan fingerprint density at radius 2 is 2.17 bits per heavy atom. The lowest BCUT2D eigenvalue weighted by Crippen LogP contribution is -2.35. The van der Waals surface area contributed by atoms with Gasteiger partial charge in [0, 0.05) is 30.9 Å². The number of aldehydes is 1. The van der Waals surface area contributed by atoms with Gasteiger partial charge in [-0.25, -0.2) is 0 Å². The van der Waals surface area contributed by atoms with E-state index in [1.54, 1.807) is 7.11 Å². The van der Waals surface area contributed by atoms with Gasteiger partial charge in [-0.3, -0.25) is 4.79 Å². The molecule has 1 aromatic rings. The highest BCUT2D eigenvalue weighted by Crippen LogP contribution is 2.21. The van der Waals surface area contributed by atoms with E-state index < -0.39 is 0 Å². The highest BCUT2D eigenvalue weighted by atomic mass is 16.5. The van der Waals surface area contributed by atoms with Crippen LogP contribution in [0.15, 0.2) is 18.2 Å². The Bertz CT molecular complexity index is 390. The molecule has 0 N–H and O–H groups in total. The predicted octanol–water partition coefficient (Wildman–Crippen LogP) is 3.06. The fraction of sp³-hybridized carbons (Fsp3) is 0.533. The zero-order chi connectivity index (χ0) is 13.5. The molecule has 100 valence electrons. The van der Waals surface area contributed by atoms with E-state index in [2.05, 4.69) is 24.8 Å². The molecule has 0 saturated carbocycles. The van der Waals surface area contributed by atoms with Crippen molar-refractivity contribution in [2.45, 2.75) is 33.2 Å². The number of hydrogen-bond donors (Lipinski definition) is 0. The smallest absolute Gasteiger partial charge is 0.150 e.